The van der Waals surface area contributed by atoms with Crippen LogP contribution in [0.3, 0.4) is 0 Å². The third kappa shape index (κ3) is 3.11. The molecule has 124 valence electrons. The lowest BCUT2D eigenvalue weighted by Crippen LogP contribution is -2.40. The zero-order valence-electron chi connectivity index (χ0n) is 14.4. The van der Waals surface area contributed by atoms with Crippen molar-refractivity contribution >= 4 is 6.08 Å². The minimum Gasteiger partial charge on any atom is -0.497 e. The second-order valence-electron chi connectivity index (χ2n) is 6.92. The van der Waals surface area contributed by atoms with Gasteiger partial charge in [0.15, 0.2) is 0 Å². The number of benzene rings is 2. The number of piperidine rings is 1. The molecule has 1 saturated heterocycles. The van der Waals surface area contributed by atoms with Gasteiger partial charge in [-0.2, -0.15) is 0 Å². The fraction of sp³-hybridized carbons (Fsp3) is 0.364. The van der Waals surface area contributed by atoms with Gasteiger partial charge in [-0.25, -0.2) is 0 Å². The smallest absolute Gasteiger partial charge is 0.118 e. The molecule has 0 aromatic heterocycles. The largest absolute Gasteiger partial charge is 0.497 e. The Morgan fingerprint density at radius 1 is 1.04 bits per heavy atom. The summed E-state index contributed by atoms with van der Waals surface area (Å²) in [6.45, 7) is 2.23. The van der Waals surface area contributed by atoms with Gasteiger partial charge >= 0.3 is 0 Å². The van der Waals surface area contributed by atoms with Gasteiger partial charge in [-0.05, 0) is 60.2 Å². The van der Waals surface area contributed by atoms with E-state index in [1.54, 1.807) is 12.7 Å². The summed E-state index contributed by atoms with van der Waals surface area (Å²) in [6.07, 6.45) is 7.51. The van der Waals surface area contributed by atoms with Crippen molar-refractivity contribution < 1.29 is 4.74 Å². The minimum atomic E-state index is 0.591. The SMILES string of the molecule is COc1ccc(CN2CCCCC2C2=Cc3ccccc3C2)cc1. The van der Waals surface area contributed by atoms with Crippen LogP contribution in [0.1, 0.15) is 36.0 Å². The Balaban J connectivity index is 1.51. The van der Waals surface area contributed by atoms with Crippen LogP contribution in [-0.4, -0.2) is 24.6 Å². The molecule has 2 nitrogen and oxygen atoms in total. The number of nitrogens with zero attached hydrogens (tertiary/aromatic N) is 1. The molecule has 1 aliphatic carbocycles. The van der Waals surface area contributed by atoms with Crippen LogP contribution in [0.15, 0.2) is 54.1 Å². The van der Waals surface area contributed by atoms with Crippen LogP contribution in [0.2, 0.25) is 0 Å². The van der Waals surface area contributed by atoms with E-state index in [1.807, 2.05) is 0 Å². The zero-order valence-corrected chi connectivity index (χ0v) is 14.4. The van der Waals surface area contributed by atoms with Gasteiger partial charge in [0.2, 0.25) is 0 Å². The predicted octanol–water partition coefficient (Wildman–Crippen LogP) is 4.69. The van der Waals surface area contributed by atoms with Crippen LogP contribution >= 0.6 is 0 Å². The number of ether oxygens (including phenoxy) is 1. The molecule has 2 heteroatoms. The first-order valence-corrected chi connectivity index (χ1v) is 8.99. The second kappa shape index (κ2) is 6.82. The fourth-order valence-electron chi connectivity index (χ4n) is 4.09. The Bertz CT molecular complexity index is 732. The van der Waals surface area contributed by atoms with Crippen molar-refractivity contribution in [1.29, 1.82) is 0 Å². The standard InChI is InChI=1S/C22H25NO/c1-24-21-11-9-17(10-12-21)16-23-13-5-4-8-22(23)20-14-18-6-2-3-7-19(18)15-20/h2-3,6-7,9-12,14,22H,4-5,8,13,15-16H2,1H3. The van der Waals surface area contributed by atoms with Gasteiger partial charge in [-0.1, -0.05) is 48.9 Å². The van der Waals surface area contributed by atoms with Crippen LogP contribution in [0.25, 0.3) is 6.08 Å². The lowest BCUT2D eigenvalue weighted by atomic mass is 9.93. The Hall–Kier alpha value is -2.06. The monoisotopic (exact) mass is 319 g/mol. The first kappa shape index (κ1) is 15.5. The van der Waals surface area contributed by atoms with E-state index in [1.165, 1.54) is 42.5 Å². The highest BCUT2D eigenvalue weighted by molar-refractivity contribution is 5.64. The van der Waals surface area contributed by atoms with Crippen molar-refractivity contribution in [1.82, 2.24) is 4.90 Å². The molecule has 0 spiro atoms. The molecule has 0 amide bonds. The highest BCUT2D eigenvalue weighted by Crippen LogP contribution is 2.33. The average Bonchev–Trinajstić information content (AvgIpc) is 3.07. The van der Waals surface area contributed by atoms with Crippen molar-refractivity contribution in [3.8, 4) is 5.75 Å². The maximum atomic E-state index is 5.27. The number of likely N-dealkylation sites (tertiary alicyclic amines) is 1. The van der Waals surface area contributed by atoms with Crippen molar-refractivity contribution in [2.24, 2.45) is 0 Å². The third-order valence-corrected chi connectivity index (χ3v) is 5.38. The molecule has 1 atom stereocenters. The summed E-state index contributed by atoms with van der Waals surface area (Å²) in [7, 11) is 1.72. The van der Waals surface area contributed by atoms with Gasteiger partial charge in [0.25, 0.3) is 0 Å². The lowest BCUT2D eigenvalue weighted by Gasteiger charge is -2.37. The Labute approximate surface area is 144 Å². The van der Waals surface area contributed by atoms with Crippen molar-refractivity contribution in [3.63, 3.8) is 0 Å². The molecule has 4 rings (SSSR count). The quantitative estimate of drug-likeness (QED) is 0.810. The number of rotatable bonds is 4. The molecule has 1 fully saturated rings. The predicted molar refractivity (Wildman–Crippen MR) is 99.2 cm³/mol. The molecule has 2 aromatic carbocycles. The van der Waals surface area contributed by atoms with Crippen LogP contribution in [0.4, 0.5) is 0 Å². The first-order valence-electron chi connectivity index (χ1n) is 8.99. The summed E-state index contributed by atoms with van der Waals surface area (Å²) in [5, 5.41) is 0. The minimum absolute atomic E-state index is 0.591. The van der Waals surface area contributed by atoms with Gasteiger partial charge in [0.1, 0.15) is 5.75 Å². The zero-order chi connectivity index (χ0) is 16.4. The Kier molecular flexibility index (Phi) is 4.40. The molecule has 0 saturated carbocycles. The Morgan fingerprint density at radius 3 is 2.67 bits per heavy atom. The summed E-state index contributed by atoms with van der Waals surface area (Å²) < 4.78 is 5.27. The number of hydrogen-bond donors (Lipinski definition) is 0. The molecular formula is C22H25NO. The lowest BCUT2D eigenvalue weighted by molar-refractivity contribution is 0.163. The van der Waals surface area contributed by atoms with Crippen LogP contribution in [-0.2, 0) is 13.0 Å². The summed E-state index contributed by atoms with van der Waals surface area (Å²) in [6, 6.07) is 17.9. The molecule has 0 N–H and O–H groups in total. The van der Waals surface area contributed by atoms with Crippen molar-refractivity contribution in [3.05, 3.63) is 70.8 Å². The Morgan fingerprint density at radius 2 is 1.88 bits per heavy atom. The van der Waals surface area contributed by atoms with E-state index < -0.39 is 0 Å². The average molecular weight is 319 g/mol. The van der Waals surface area contributed by atoms with Crippen molar-refractivity contribution in [2.75, 3.05) is 13.7 Å². The van der Waals surface area contributed by atoms with E-state index in [0.717, 1.165) is 18.7 Å². The molecule has 2 aromatic rings. The van der Waals surface area contributed by atoms with E-state index in [9.17, 15) is 0 Å². The van der Waals surface area contributed by atoms with Crippen LogP contribution in [0.5, 0.6) is 5.75 Å². The maximum absolute atomic E-state index is 5.27. The number of hydrogen-bond acceptors (Lipinski definition) is 2. The second-order valence-corrected chi connectivity index (χ2v) is 6.92. The summed E-state index contributed by atoms with van der Waals surface area (Å²) in [5.41, 5.74) is 5.88. The first-order chi connectivity index (χ1) is 11.8. The molecule has 1 unspecified atom stereocenters. The van der Waals surface area contributed by atoms with E-state index >= 15 is 0 Å². The molecule has 0 bridgehead atoms. The fourth-order valence-corrected chi connectivity index (χ4v) is 4.09. The van der Waals surface area contributed by atoms with E-state index in [0.29, 0.717) is 6.04 Å². The van der Waals surface area contributed by atoms with Gasteiger partial charge in [0.05, 0.1) is 7.11 Å². The molecular weight excluding hydrogens is 294 g/mol. The number of methoxy groups -OCH3 is 1. The summed E-state index contributed by atoms with van der Waals surface area (Å²) >= 11 is 0. The summed E-state index contributed by atoms with van der Waals surface area (Å²) in [5.74, 6) is 0.933. The van der Waals surface area contributed by atoms with Gasteiger partial charge < -0.3 is 4.74 Å². The molecule has 1 aliphatic heterocycles. The van der Waals surface area contributed by atoms with E-state index in [4.69, 9.17) is 4.74 Å². The molecule has 0 radical (unpaired) electrons. The van der Waals surface area contributed by atoms with Gasteiger partial charge in [-0.15, -0.1) is 0 Å². The van der Waals surface area contributed by atoms with Gasteiger partial charge in [0, 0.05) is 12.6 Å². The highest BCUT2D eigenvalue weighted by atomic mass is 16.5. The molecule has 1 heterocycles. The van der Waals surface area contributed by atoms with Gasteiger partial charge in [-0.3, -0.25) is 4.90 Å². The highest BCUT2D eigenvalue weighted by Gasteiger charge is 2.28. The third-order valence-electron chi connectivity index (χ3n) is 5.38. The van der Waals surface area contributed by atoms with Crippen LogP contribution < -0.4 is 4.74 Å². The normalized spacial score (nSPS) is 20.5. The van der Waals surface area contributed by atoms with Crippen LogP contribution in [0, 0.1) is 0 Å². The topological polar surface area (TPSA) is 12.5 Å². The number of fused-ring (bicyclic) bond motifs is 1. The maximum Gasteiger partial charge on any atom is 0.118 e. The molecule has 2 aliphatic rings. The van der Waals surface area contributed by atoms with E-state index in [2.05, 4.69) is 59.5 Å². The summed E-state index contributed by atoms with van der Waals surface area (Å²) in [4.78, 5) is 2.67. The van der Waals surface area contributed by atoms with E-state index in [-0.39, 0.29) is 0 Å². The molecule has 24 heavy (non-hydrogen) atoms. The van der Waals surface area contributed by atoms with Crippen molar-refractivity contribution in [2.45, 2.75) is 38.3 Å².